The Bertz CT molecular complexity index is 830. The van der Waals surface area contributed by atoms with Crippen LogP contribution in [0.3, 0.4) is 0 Å². The third-order valence-electron chi connectivity index (χ3n) is 6.68. The summed E-state index contributed by atoms with van der Waals surface area (Å²) in [6.07, 6.45) is 1.27. The van der Waals surface area contributed by atoms with E-state index in [4.69, 9.17) is 4.74 Å². The highest BCUT2D eigenvalue weighted by Crippen LogP contribution is 2.60. The Balaban J connectivity index is 2.25. The van der Waals surface area contributed by atoms with E-state index in [1.165, 1.54) is 7.11 Å². The summed E-state index contributed by atoms with van der Waals surface area (Å²) in [5.74, 6) is -2.99. The predicted octanol–water partition coefficient (Wildman–Crippen LogP) is 2.86. The number of hydrogen-bond donors (Lipinski definition) is 1. The van der Waals surface area contributed by atoms with E-state index in [1.807, 2.05) is 13.8 Å². The summed E-state index contributed by atoms with van der Waals surface area (Å²) in [4.78, 5) is 51.6. The molecule has 146 valence electrons. The van der Waals surface area contributed by atoms with Crippen molar-refractivity contribution in [2.75, 3.05) is 7.11 Å². The Morgan fingerprint density at radius 3 is 2.30 bits per heavy atom. The van der Waals surface area contributed by atoms with Crippen LogP contribution >= 0.6 is 0 Å². The molecule has 3 atom stereocenters. The fourth-order valence-corrected chi connectivity index (χ4v) is 5.55. The van der Waals surface area contributed by atoms with Crippen LogP contribution in [0.15, 0.2) is 22.5 Å². The molecular weight excluding hydrogens is 348 g/mol. The number of carbonyl (C=O) groups is 4. The number of carbonyl (C=O) groups excluding carboxylic acids is 3. The molecule has 6 nitrogen and oxygen atoms in total. The average molecular weight is 374 g/mol. The van der Waals surface area contributed by atoms with Gasteiger partial charge in [-0.2, -0.15) is 0 Å². The fraction of sp³-hybridized carbons (Fsp3) is 0.619. The van der Waals surface area contributed by atoms with Gasteiger partial charge in [-0.25, -0.2) is 0 Å². The summed E-state index contributed by atoms with van der Waals surface area (Å²) in [5, 5.41) is 9.84. The van der Waals surface area contributed by atoms with Crippen molar-refractivity contribution in [3.8, 4) is 0 Å². The number of carboxylic acids is 1. The summed E-state index contributed by atoms with van der Waals surface area (Å²) in [7, 11) is 1.37. The van der Waals surface area contributed by atoms with Crippen molar-refractivity contribution in [3.63, 3.8) is 0 Å². The number of rotatable bonds is 3. The Morgan fingerprint density at radius 2 is 1.78 bits per heavy atom. The zero-order valence-corrected chi connectivity index (χ0v) is 16.5. The molecule has 0 aliphatic heterocycles. The third kappa shape index (κ3) is 2.45. The van der Waals surface area contributed by atoms with Crippen molar-refractivity contribution >= 4 is 23.3 Å². The van der Waals surface area contributed by atoms with Crippen LogP contribution in [0.5, 0.6) is 0 Å². The number of Topliss-reactive ketones (excluding diaryl/α,β-unsaturated/α-hetero) is 3. The van der Waals surface area contributed by atoms with E-state index in [2.05, 4.69) is 0 Å². The monoisotopic (exact) mass is 374 g/mol. The number of ketones is 3. The minimum Gasteiger partial charge on any atom is -0.492 e. The minimum atomic E-state index is -1.25. The maximum Gasteiger partial charge on any atom is 0.310 e. The molecule has 3 rings (SSSR count). The van der Waals surface area contributed by atoms with Gasteiger partial charge in [-0.3, -0.25) is 19.2 Å². The number of aliphatic carboxylic acids is 1. The Kier molecular flexibility index (Phi) is 4.44. The van der Waals surface area contributed by atoms with E-state index >= 15 is 0 Å². The molecule has 1 N–H and O–H groups in total. The molecule has 3 aliphatic carbocycles. The van der Waals surface area contributed by atoms with Crippen LogP contribution in [-0.4, -0.2) is 35.5 Å². The highest BCUT2D eigenvalue weighted by Gasteiger charge is 2.62. The maximum atomic E-state index is 13.3. The number of ether oxygens (including phenoxy) is 1. The molecule has 0 bridgehead atoms. The van der Waals surface area contributed by atoms with Gasteiger partial charge in [-0.05, 0) is 25.7 Å². The third-order valence-corrected chi connectivity index (χ3v) is 6.68. The summed E-state index contributed by atoms with van der Waals surface area (Å²) < 4.78 is 5.32. The molecule has 1 saturated carbocycles. The normalized spacial score (nSPS) is 34.0. The fourth-order valence-electron chi connectivity index (χ4n) is 5.55. The van der Waals surface area contributed by atoms with E-state index in [0.29, 0.717) is 30.4 Å². The first kappa shape index (κ1) is 19.5. The lowest BCUT2D eigenvalue weighted by atomic mass is 9.48. The first-order chi connectivity index (χ1) is 12.5. The molecule has 3 unspecified atom stereocenters. The summed E-state index contributed by atoms with van der Waals surface area (Å²) in [6, 6.07) is 0. The van der Waals surface area contributed by atoms with Crippen molar-refractivity contribution in [2.24, 2.45) is 22.7 Å². The molecule has 0 amide bonds. The highest BCUT2D eigenvalue weighted by atomic mass is 16.5. The van der Waals surface area contributed by atoms with Crippen molar-refractivity contribution in [1.29, 1.82) is 0 Å². The minimum absolute atomic E-state index is 0.0330. The number of hydrogen-bond acceptors (Lipinski definition) is 5. The molecular formula is C21H26O6. The lowest BCUT2D eigenvalue weighted by Gasteiger charge is -2.53. The van der Waals surface area contributed by atoms with Crippen molar-refractivity contribution in [1.82, 2.24) is 0 Å². The largest absolute Gasteiger partial charge is 0.492 e. The van der Waals surface area contributed by atoms with Gasteiger partial charge in [0.05, 0.1) is 12.5 Å². The second-order valence-corrected chi connectivity index (χ2v) is 8.68. The van der Waals surface area contributed by atoms with Crippen LogP contribution in [0.2, 0.25) is 0 Å². The number of fused-ring (bicyclic) bond motifs is 2. The van der Waals surface area contributed by atoms with E-state index < -0.39 is 22.7 Å². The van der Waals surface area contributed by atoms with Crippen LogP contribution in [0.25, 0.3) is 0 Å². The zero-order valence-electron chi connectivity index (χ0n) is 16.5. The van der Waals surface area contributed by atoms with Crippen LogP contribution < -0.4 is 0 Å². The van der Waals surface area contributed by atoms with Gasteiger partial charge >= 0.3 is 5.97 Å². The SMILES string of the molecule is COC1=C(C(C)C)C(=O)C2=C(C1=O)C1(C)CCCC(C)(C(=O)O)C1C(=O)C2. The smallest absolute Gasteiger partial charge is 0.310 e. The highest BCUT2D eigenvalue weighted by molar-refractivity contribution is 6.27. The summed E-state index contributed by atoms with van der Waals surface area (Å²) >= 11 is 0. The van der Waals surface area contributed by atoms with Crippen LogP contribution in [0, 0.1) is 22.7 Å². The van der Waals surface area contributed by atoms with Crippen molar-refractivity contribution < 1.29 is 29.0 Å². The molecule has 27 heavy (non-hydrogen) atoms. The van der Waals surface area contributed by atoms with E-state index in [1.54, 1.807) is 13.8 Å². The topological polar surface area (TPSA) is 97.7 Å². The van der Waals surface area contributed by atoms with Gasteiger partial charge in [0, 0.05) is 34.5 Å². The second kappa shape index (κ2) is 6.14. The van der Waals surface area contributed by atoms with Crippen molar-refractivity contribution in [3.05, 3.63) is 22.5 Å². The average Bonchev–Trinajstić information content (AvgIpc) is 2.56. The molecule has 0 aromatic carbocycles. The second-order valence-electron chi connectivity index (χ2n) is 8.68. The number of methoxy groups -OCH3 is 1. The Labute approximate surface area is 158 Å². The Hall–Kier alpha value is -2.24. The van der Waals surface area contributed by atoms with Crippen LogP contribution in [-0.2, 0) is 23.9 Å². The molecule has 0 aromatic rings. The number of carboxylic acid groups (broad SMARTS) is 1. The van der Waals surface area contributed by atoms with Gasteiger partial charge in [0.25, 0.3) is 0 Å². The van der Waals surface area contributed by atoms with Gasteiger partial charge in [0.1, 0.15) is 5.78 Å². The lowest BCUT2D eigenvalue weighted by Crippen LogP contribution is -2.56. The molecule has 0 saturated heterocycles. The van der Waals surface area contributed by atoms with Gasteiger partial charge in [0.2, 0.25) is 5.78 Å². The van der Waals surface area contributed by atoms with Crippen LogP contribution in [0.4, 0.5) is 0 Å². The number of allylic oxidation sites excluding steroid dienone is 3. The van der Waals surface area contributed by atoms with E-state index in [9.17, 15) is 24.3 Å². The Morgan fingerprint density at radius 1 is 1.15 bits per heavy atom. The zero-order chi connectivity index (χ0) is 20.3. The molecule has 0 aromatic heterocycles. The quantitative estimate of drug-likeness (QED) is 0.763. The molecule has 0 spiro atoms. The van der Waals surface area contributed by atoms with Gasteiger partial charge in [-0.1, -0.05) is 27.2 Å². The van der Waals surface area contributed by atoms with E-state index in [0.717, 1.165) is 0 Å². The molecule has 0 heterocycles. The van der Waals surface area contributed by atoms with Gasteiger partial charge < -0.3 is 9.84 Å². The van der Waals surface area contributed by atoms with Crippen LogP contribution in [0.1, 0.15) is 53.4 Å². The lowest BCUT2D eigenvalue weighted by molar-refractivity contribution is -0.164. The predicted molar refractivity (Wildman–Crippen MR) is 96.7 cm³/mol. The van der Waals surface area contributed by atoms with E-state index in [-0.39, 0.29) is 41.0 Å². The molecule has 6 heteroatoms. The van der Waals surface area contributed by atoms with Gasteiger partial charge in [0.15, 0.2) is 11.5 Å². The maximum absolute atomic E-state index is 13.3. The van der Waals surface area contributed by atoms with Crippen molar-refractivity contribution in [2.45, 2.75) is 53.4 Å². The molecule has 3 aliphatic rings. The first-order valence-electron chi connectivity index (χ1n) is 9.38. The first-order valence-corrected chi connectivity index (χ1v) is 9.38. The summed E-state index contributed by atoms with van der Waals surface area (Å²) in [6.45, 7) is 6.97. The summed E-state index contributed by atoms with van der Waals surface area (Å²) in [5.41, 5.74) is -1.39. The molecule has 1 fully saturated rings. The standard InChI is InChI=1S/C21H26O6/c1-10(2)13-15(23)11-9-12(22)18-20(3,14(11)16(24)17(13)27-5)7-6-8-21(18,4)19(25)26/h10,18H,6-9H2,1-5H3,(H,25,26). The van der Waals surface area contributed by atoms with Gasteiger partial charge in [-0.15, -0.1) is 0 Å². The molecule has 0 radical (unpaired) electrons.